The molecule has 0 bridgehead atoms. The van der Waals surface area contributed by atoms with Crippen molar-refractivity contribution in [2.45, 2.75) is 20.3 Å². The molecule has 0 saturated heterocycles. The summed E-state index contributed by atoms with van der Waals surface area (Å²) < 4.78 is 0. The highest BCUT2D eigenvalue weighted by molar-refractivity contribution is 6.29. The minimum Gasteiger partial charge on any atom is -0.340 e. The molecule has 0 atom stereocenters. The number of halogens is 1. The minimum absolute atomic E-state index is 0.420. The highest BCUT2D eigenvalue weighted by atomic mass is 35.5. The van der Waals surface area contributed by atoms with E-state index in [1.807, 2.05) is 74.5 Å². The molecule has 2 aromatic heterocycles. The van der Waals surface area contributed by atoms with E-state index in [0.717, 1.165) is 28.5 Å². The quantitative estimate of drug-likeness (QED) is 0.378. The van der Waals surface area contributed by atoms with Crippen molar-refractivity contribution in [3.05, 3.63) is 83.5 Å². The predicted molar refractivity (Wildman–Crippen MR) is 122 cm³/mol. The lowest BCUT2D eigenvalue weighted by molar-refractivity contribution is 0.943. The first-order chi connectivity index (χ1) is 14.6. The molecular weight excluding hydrogens is 396 g/mol. The van der Waals surface area contributed by atoms with Crippen LogP contribution in [0.15, 0.2) is 66.7 Å². The van der Waals surface area contributed by atoms with E-state index in [9.17, 15) is 0 Å². The fourth-order valence-electron chi connectivity index (χ4n) is 3.05. The number of benzene rings is 2. The van der Waals surface area contributed by atoms with Crippen molar-refractivity contribution in [3.8, 4) is 11.3 Å². The summed E-state index contributed by atoms with van der Waals surface area (Å²) in [6.07, 6.45) is 0.716. The van der Waals surface area contributed by atoms with Gasteiger partial charge in [0.2, 0.25) is 0 Å². The zero-order valence-corrected chi connectivity index (χ0v) is 17.5. The lowest BCUT2D eigenvalue weighted by Gasteiger charge is -2.11. The second-order valence-corrected chi connectivity index (χ2v) is 7.12. The molecule has 4 aromatic rings. The molecular formula is C23H21ClN6. The Morgan fingerprint density at radius 3 is 2.17 bits per heavy atom. The zero-order chi connectivity index (χ0) is 20.9. The number of nitrogens with zero attached hydrogens (tertiary/aromatic N) is 4. The summed E-state index contributed by atoms with van der Waals surface area (Å²) in [5.74, 6) is 2.80. The van der Waals surface area contributed by atoms with Gasteiger partial charge in [-0.15, -0.1) is 0 Å². The summed E-state index contributed by atoms with van der Waals surface area (Å²) in [5.41, 5.74) is 3.70. The Bertz CT molecular complexity index is 1160. The van der Waals surface area contributed by atoms with E-state index < -0.39 is 0 Å². The van der Waals surface area contributed by atoms with Gasteiger partial charge in [-0.2, -0.15) is 0 Å². The first-order valence-electron chi connectivity index (χ1n) is 9.68. The summed E-state index contributed by atoms with van der Waals surface area (Å²) in [5, 5.41) is 7.07. The van der Waals surface area contributed by atoms with E-state index in [-0.39, 0.29) is 0 Å². The van der Waals surface area contributed by atoms with Crippen LogP contribution < -0.4 is 10.6 Å². The lowest BCUT2D eigenvalue weighted by Crippen LogP contribution is -2.01. The number of hydrogen-bond donors (Lipinski definition) is 2. The summed E-state index contributed by atoms with van der Waals surface area (Å²) >= 11 is 6.10. The van der Waals surface area contributed by atoms with Crippen LogP contribution in [0.3, 0.4) is 0 Å². The van der Waals surface area contributed by atoms with Gasteiger partial charge in [-0.1, -0.05) is 54.9 Å². The monoisotopic (exact) mass is 416 g/mol. The molecule has 30 heavy (non-hydrogen) atoms. The maximum absolute atomic E-state index is 6.10. The van der Waals surface area contributed by atoms with Gasteiger partial charge in [-0.25, -0.2) is 19.9 Å². The zero-order valence-electron chi connectivity index (χ0n) is 16.7. The number of rotatable bonds is 6. The number of anilines is 4. The summed E-state index contributed by atoms with van der Waals surface area (Å²) in [7, 11) is 0. The molecule has 0 unspecified atom stereocenters. The van der Waals surface area contributed by atoms with Crippen molar-refractivity contribution in [1.82, 2.24) is 19.9 Å². The first kappa shape index (κ1) is 19.8. The van der Waals surface area contributed by atoms with Crippen LogP contribution >= 0.6 is 11.6 Å². The summed E-state index contributed by atoms with van der Waals surface area (Å²) in [4.78, 5) is 17.7. The van der Waals surface area contributed by atoms with Gasteiger partial charge in [0.15, 0.2) is 0 Å². The Morgan fingerprint density at radius 2 is 1.47 bits per heavy atom. The topological polar surface area (TPSA) is 75.6 Å². The van der Waals surface area contributed by atoms with Crippen LogP contribution in [0.25, 0.3) is 11.3 Å². The number of aromatic nitrogens is 4. The molecule has 4 rings (SSSR count). The van der Waals surface area contributed by atoms with Crippen molar-refractivity contribution in [3.63, 3.8) is 0 Å². The Kier molecular flexibility index (Phi) is 5.86. The van der Waals surface area contributed by atoms with Gasteiger partial charge in [0, 0.05) is 35.5 Å². The van der Waals surface area contributed by atoms with Crippen LogP contribution in [0.4, 0.5) is 23.0 Å². The summed E-state index contributed by atoms with van der Waals surface area (Å²) in [6, 6.07) is 21.6. The molecule has 0 aliphatic heterocycles. The van der Waals surface area contributed by atoms with E-state index in [4.69, 9.17) is 11.6 Å². The van der Waals surface area contributed by atoms with Crippen molar-refractivity contribution in [1.29, 1.82) is 0 Å². The molecule has 0 amide bonds. The van der Waals surface area contributed by atoms with Crippen molar-refractivity contribution in [2.24, 2.45) is 0 Å². The number of hydrogen-bond acceptors (Lipinski definition) is 6. The number of aryl methyl sites for hydroxylation is 2. The highest BCUT2D eigenvalue weighted by Gasteiger charge is 2.06. The second-order valence-electron chi connectivity index (χ2n) is 6.73. The normalized spacial score (nSPS) is 10.6. The van der Waals surface area contributed by atoms with Crippen molar-refractivity contribution >= 4 is 34.6 Å². The van der Waals surface area contributed by atoms with Gasteiger partial charge in [0.1, 0.15) is 28.4 Å². The van der Waals surface area contributed by atoms with E-state index >= 15 is 0 Å². The Balaban J connectivity index is 1.57. The highest BCUT2D eigenvalue weighted by Crippen LogP contribution is 2.25. The van der Waals surface area contributed by atoms with Crippen LogP contribution in [0, 0.1) is 6.92 Å². The molecule has 2 N–H and O–H groups in total. The molecule has 0 radical (unpaired) electrons. The molecule has 0 fully saturated rings. The minimum atomic E-state index is 0.420. The molecule has 150 valence electrons. The summed E-state index contributed by atoms with van der Waals surface area (Å²) in [6.45, 7) is 3.88. The van der Waals surface area contributed by atoms with Gasteiger partial charge in [-0.05, 0) is 25.1 Å². The third-order valence-electron chi connectivity index (χ3n) is 4.37. The molecule has 2 aromatic carbocycles. The van der Waals surface area contributed by atoms with Crippen LogP contribution in [0.2, 0.25) is 5.15 Å². The second kappa shape index (κ2) is 8.88. The van der Waals surface area contributed by atoms with Crippen LogP contribution in [0.5, 0.6) is 0 Å². The largest absolute Gasteiger partial charge is 0.340 e. The lowest BCUT2D eigenvalue weighted by atomic mass is 10.1. The SMILES string of the molecule is CCc1nc(Cl)cc(Nc2cccc(Nc3cc(-c4ccccc4)nc(C)n3)c2)n1. The fourth-order valence-corrected chi connectivity index (χ4v) is 3.25. The molecule has 6 nitrogen and oxygen atoms in total. The molecule has 2 heterocycles. The third kappa shape index (κ3) is 4.90. The number of nitrogens with one attached hydrogen (secondary N) is 2. The van der Waals surface area contributed by atoms with Crippen molar-refractivity contribution in [2.75, 3.05) is 10.6 Å². The van der Waals surface area contributed by atoms with Gasteiger partial charge in [-0.3, -0.25) is 0 Å². The Morgan fingerprint density at radius 1 is 0.767 bits per heavy atom. The van der Waals surface area contributed by atoms with Crippen molar-refractivity contribution < 1.29 is 0 Å². The molecule has 0 saturated carbocycles. The fraction of sp³-hybridized carbons (Fsp3) is 0.130. The molecule has 0 spiro atoms. The Labute approximate surface area is 180 Å². The predicted octanol–water partition coefficient (Wildman–Crippen LogP) is 5.95. The van der Waals surface area contributed by atoms with E-state index in [2.05, 4.69) is 30.6 Å². The third-order valence-corrected chi connectivity index (χ3v) is 4.57. The molecule has 7 heteroatoms. The van der Waals surface area contributed by atoms with E-state index in [1.165, 1.54) is 0 Å². The van der Waals surface area contributed by atoms with E-state index in [0.29, 0.717) is 29.0 Å². The van der Waals surface area contributed by atoms with Gasteiger partial charge >= 0.3 is 0 Å². The van der Waals surface area contributed by atoms with Crippen LogP contribution in [-0.4, -0.2) is 19.9 Å². The average molecular weight is 417 g/mol. The average Bonchev–Trinajstić information content (AvgIpc) is 2.74. The maximum Gasteiger partial charge on any atom is 0.135 e. The van der Waals surface area contributed by atoms with Gasteiger partial charge in [0.05, 0.1) is 5.69 Å². The van der Waals surface area contributed by atoms with Gasteiger partial charge < -0.3 is 10.6 Å². The first-order valence-corrected chi connectivity index (χ1v) is 10.1. The smallest absolute Gasteiger partial charge is 0.135 e. The molecule has 0 aliphatic carbocycles. The van der Waals surface area contributed by atoms with Crippen LogP contribution in [0.1, 0.15) is 18.6 Å². The van der Waals surface area contributed by atoms with E-state index in [1.54, 1.807) is 6.07 Å². The van der Waals surface area contributed by atoms with Gasteiger partial charge in [0.25, 0.3) is 0 Å². The van der Waals surface area contributed by atoms with Crippen LogP contribution in [-0.2, 0) is 6.42 Å². The maximum atomic E-state index is 6.10. The molecule has 0 aliphatic rings. The standard InChI is InChI=1S/C23H21ClN6/c1-3-21-29-20(24)14-23(30-21)28-18-11-7-10-17(12-18)27-22-13-19(25-15(2)26-22)16-8-5-4-6-9-16/h4-14H,3H2,1-2H3,(H,25,26,27)(H,28,29,30). The Hall–Kier alpha value is -3.51.